The molecule has 1 aliphatic rings. The van der Waals surface area contributed by atoms with Crippen LogP contribution >= 0.6 is 0 Å². The van der Waals surface area contributed by atoms with Crippen molar-refractivity contribution in [3.8, 4) is 0 Å². The third kappa shape index (κ3) is 1.90. The third-order valence-corrected chi connectivity index (χ3v) is 3.41. The van der Waals surface area contributed by atoms with Gasteiger partial charge in [0.25, 0.3) is 0 Å². The number of hydrogen-bond acceptors (Lipinski definition) is 2. The van der Waals surface area contributed by atoms with Gasteiger partial charge in [-0.2, -0.15) is 0 Å². The van der Waals surface area contributed by atoms with E-state index in [1.54, 1.807) is 0 Å². The van der Waals surface area contributed by atoms with Crippen LogP contribution in [0.15, 0.2) is 30.3 Å². The Labute approximate surface area is 103 Å². The summed E-state index contributed by atoms with van der Waals surface area (Å²) in [6, 6.07) is 10.4. The molecule has 1 aromatic heterocycles. The first-order valence-electron chi connectivity index (χ1n) is 6.22. The van der Waals surface area contributed by atoms with Gasteiger partial charge < -0.3 is 4.90 Å². The number of fused-ring (bicyclic) bond motifs is 1. The lowest BCUT2D eigenvalue weighted by molar-refractivity contribution is 0.933. The molecule has 0 spiro atoms. The number of para-hydroxylation sites is 1. The van der Waals surface area contributed by atoms with Crippen molar-refractivity contribution in [3.05, 3.63) is 35.9 Å². The fourth-order valence-corrected chi connectivity index (χ4v) is 2.50. The molecule has 2 nitrogen and oxygen atoms in total. The van der Waals surface area contributed by atoms with Crippen molar-refractivity contribution in [2.45, 2.75) is 19.2 Å². The Hall–Kier alpha value is -1.51. The molecule has 2 radical (unpaired) electrons. The molecule has 0 amide bonds. The first-order valence-corrected chi connectivity index (χ1v) is 6.22. The van der Waals surface area contributed by atoms with E-state index in [0.717, 1.165) is 30.0 Å². The molecule has 0 aliphatic carbocycles. The van der Waals surface area contributed by atoms with E-state index in [4.69, 9.17) is 12.8 Å². The highest BCUT2D eigenvalue weighted by atomic mass is 15.2. The molecule has 17 heavy (non-hydrogen) atoms. The van der Waals surface area contributed by atoms with E-state index < -0.39 is 0 Å². The maximum absolute atomic E-state index is 5.84. The van der Waals surface area contributed by atoms with E-state index in [-0.39, 0.29) is 0 Å². The first kappa shape index (κ1) is 10.6. The van der Waals surface area contributed by atoms with Crippen molar-refractivity contribution < 1.29 is 0 Å². The number of benzene rings is 1. The fraction of sp³-hybridized carbons (Fsp3) is 0.357. The van der Waals surface area contributed by atoms with Crippen LogP contribution in [0, 0.1) is 0 Å². The van der Waals surface area contributed by atoms with E-state index >= 15 is 0 Å². The van der Waals surface area contributed by atoms with Gasteiger partial charge in [-0.15, -0.1) is 0 Å². The summed E-state index contributed by atoms with van der Waals surface area (Å²) in [5, 5.41) is 1.18. The van der Waals surface area contributed by atoms with Crippen LogP contribution in [0.2, 0.25) is 0 Å². The Balaban J connectivity index is 2.14. The quantitative estimate of drug-likeness (QED) is 0.725. The van der Waals surface area contributed by atoms with Crippen LogP contribution in [-0.4, -0.2) is 25.9 Å². The fourth-order valence-electron chi connectivity index (χ4n) is 2.50. The van der Waals surface area contributed by atoms with Crippen molar-refractivity contribution in [1.82, 2.24) is 4.98 Å². The van der Waals surface area contributed by atoms with Crippen LogP contribution in [-0.2, 0) is 6.32 Å². The lowest BCUT2D eigenvalue weighted by Gasteiger charge is -2.20. The van der Waals surface area contributed by atoms with Gasteiger partial charge in [0.2, 0.25) is 0 Å². The summed E-state index contributed by atoms with van der Waals surface area (Å²) in [7, 11) is 5.84. The van der Waals surface area contributed by atoms with Crippen LogP contribution in [0.3, 0.4) is 0 Å². The molecule has 2 heterocycles. The summed E-state index contributed by atoms with van der Waals surface area (Å²) < 4.78 is 0. The predicted molar refractivity (Wildman–Crippen MR) is 72.6 cm³/mol. The Morgan fingerprint density at radius 1 is 1.18 bits per heavy atom. The summed E-state index contributed by atoms with van der Waals surface area (Å²) in [4.78, 5) is 7.13. The molecule has 2 aromatic rings. The molecule has 0 unspecified atom stereocenters. The molecule has 0 N–H and O–H groups in total. The summed E-state index contributed by atoms with van der Waals surface area (Å²) in [5.41, 5.74) is 2.22. The van der Waals surface area contributed by atoms with Gasteiger partial charge in [-0.25, -0.2) is 4.98 Å². The highest BCUT2D eigenvalue weighted by Crippen LogP contribution is 2.26. The van der Waals surface area contributed by atoms with E-state index in [9.17, 15) is 0 Å². The van der Waals surface area contributed by atoms with Crippen LogP contribution in [0.4, 0.5) is 5.82 Å². The molecule has 1 aromatic carbocycles. The number of aromatic nitrogens is 1. The standard InChI is InChI=1S/C14H15BN2/c15-10-12-9-11-5-1-2-6-13(11)16-14(12)17-7-3-4-8-17/h1-2,5-6,9H,3-4,7-8,10H2. The van der Waals surface area contributed by atoms with E-state index in [2.05, 4.69) is 23.1 Å². The molecule has 0 saturated carbocycles. The van der Waals surface area contributed by atoms with Crippen molar-refractivity contribution in [2.75, 3.05) is 18.0 Å². The monoisotopic (exact) mass is 222 g/mol. The van der Waals surface area contributed by atoms with Gasteiger partial charge in [-0.1, -0.05) is 24.5 Å². The van der Waals surface area contributed by atoms with Gasteiger partial charge in [0.1, 0.15) is 5.82 Å². The molecule has 1 saturated heterocycles. The normalized spacial score (nSPS) is 15.6. The Bertz CT molecular complexity index is 533. The minimum absolute atomic E-state index is 0.559. The second-order valence-electron chi connectivity index (χ2n) is 4.56. The predicted octanol–water partition coefficient (Wildman–Crippen LogP) is 2.50. The van der Waals surface area contributed by atoms with Gasteiger partial charge in [0.15, 0.2) is 0 Å². The Morgan fingerprint density at radius 3 is 2.71 bits per heavy atom. The van der Waals surface area contributed by atoms with Crippen molar-refractivity contribution >= 4 is 24.6 Å². The molecule has 0 atom stereocenters. The van der Waals surface area contributed by atoms with E-state index in [1.165, 1.54) is 18.2 Å². The van der Waals surface area contributed by atoms with Gasteiger partial charge in [-0.05, 0) is 30.5 Å². The number of nitrogens with zero attached hydrogens (tertiary/aromatic N) is 2. The highest BCUT2D eigenvalue weighted by molar-refractivity contribution is 6.09. The largest absolute Gasteiger partial charge is 0.356 e. The number of rotatable bonds is 2. The Morgan fingerprint density at radius 2 is 1.94 bits per heavy atom. The van der Waals surface area contributed by atoms with Crippen LogP contribution < -0.4 is 4.90 Å². The number of anilines is 1. The van der Waals surface area contributed by atoms with E-state index in [0.29, 0.717) is 6.32 Å². The minimum atomic E-state index is 0.559. The first-order chi connectivity index (χ1) is 8.38. The second-order valence-corrected chi connectivity index (χ2v) is 4.56. The smallest absolute Gasteiger partial charge is 0.131 e. The number of pyridine rings is 1. The lowest BCUT2D eigenvalue weighted by Crippen LogP contribution is -2.20. The molecule has 84 valence electrons. The zero-order valence-electron chi connectivity index (χ0n) is 9.89. The molecular formula is C14H15BN2. The highest BCUT2D eigenvalue weighted by Gasteiger charge is 2.16. The molecule has 3 heteroatoms. The summed E-state index contributed by atoms with van der Waals surface area (Å²) >= 11 is 0. The number of hydrogen-bond donors (Lipinski definition) is 0. The summed E-state index contributed by atoms with van der Waals surface area (Å²) in [5.74, 6) is 1.09. The van der Waals surface area contributed by atoms with Crippen LogP contribution in [0.5, 0.6) is 0 Å². The van der Waals surface area contributed by atoms with Crippen molar-refractivity contribution in [3.63, 3.8) is 0 Å². The molecule has 0 bridgehead atoms. The molecular weight excluding hydrogens is 207 g/mol. The topological polar surface area (TPSA) is 16.1 Å². The van der Waals surface area contributed by atoms with Gasteiger partial charge in [0, 0.05) is 18.5 Å². The summed E-state index contributed by atoms with van der Waals surface area (Å²) in [6.45, 7) is 2.22. The zero-order chi connectivity index (χ0) is 11.7. The maximum atomic E-state index is 5.84. The zero-order valence-corrected chi connectivity index (χ0v) is 9.89. The molecule has 1 aliphatic heterocycles. The maximum Gasteiger partial charge on any atom is 0.131 e. The van der Waals surface area contributed by atoms with Gasteiger partial charge >= 0.3 is 0 Å². The average molecular weight is 222 g/mol. The van der Waals surface area contributed by atoms with Crippen molar-refractivity contribution in [2.24, 2.45) is 0 Å². The average Bonchev–Trinajstić information content (AvgIpc) is 2.91. The van der Waals surface area contributed by atoms with E-state index in [1.807, 2.05) is 12.1 Å². The van der Waals surface area contributed by atoms with Crippen LogP contribution in [0.25, 0.3) is 10.9 Å². The third-order valence-electron chi connectivity index (χ3n) is 3.41. The van der Waals surface area contributed by atoms with Crippen LogP contribution in [0.1, 0.15) is 18.4 Å². The SMILES string of the molecule is [B]Cc1cc2ccccc2nc1N1CCCC1. The lowest BCUT2D eigenvalue weighted by atomic mass is 9.96. The van der Waals surface area contributed by atoms with Gasteiger partial charge in [-0.3, -0.25) is 0 Å². The minimum Gasteiger partial charge on any atom is -0.356 e. The van der Waals surface area contributed by atoms with Gasteiger partial charge in [0.05, 0.1) is 13.4 Å². The Kier molecular flexibility index (Phi) is 2.75. The summed E-state index contributed by atoms with van der Waals surface area (Å²) in [6.07, 6.45) is 3.08. The van der Waals surface area contributed by atoms with Crippen molar-refractivity contribution in [1.29, 1.82) is 0 Å². The second kappa shape index (κ2) is 4.40. The molecule has 3 rings (SSSR count). The molecule has 1 fully saturated rings.